The van der Waals surface area contributed by atoms with Crippen LogP contribution in [0.1, 0.15) is 71.6 Å². The number of hydrogen-bond donors (Lipinski definition) is 1. The van der Waals surface area contributed by atoms with Crippen LogP contribution in [-0.2, 0) is 14.3 Å². The van der Waals surface area contributed by atoms with Gasteiger partial charge in [0.15, 0.2) is 5.78 Å². The number of aryl methyl sites for hydroxylation is 1. The molecule has 1 aliphatic heterocycles. The van der Waals surface area contributed by atoms with Crippen molar-refractivity contribution in [3.63, 3.8) is 0 Å². The fraction of sp³-hybridized carbons (Fsp3) is 0.571. The molecule has 1 saturated carbocycles. The van der Waals surface area contributed by atoms with E-state index < -0.39 is 36.1 Å². The maximum absolute atomic E-state index is 12.9. The second kappa shape index (κ2) is 8.41. The minimum atomic E-state index is -0.988. The predicted molar refractivity (Wildman–Crippen MR) is 106 cm³/mol. The van der Waals surface area contributed by atoms with E-state index in [4.69, 9.17) is 4.74 Å². The molecule has 0 bridgehead atoms. The van der Waals surface area contributed by atoms with Crippen molar-refractivity contribution in [3.8, 4) is 0 Å². The number of carbonyl (C=O) groups excluding carboxylic acids is 5. The summed E-state index contributed by atoms with van der Waals surface area (Å²) < 4.78 is 5.02. The lowest BCUT2D eigenvalue weighted by Gasteiger charge is -2.34. The van der Waals surface area contributed by atoms with Gasteiger partial charge >= 0.3 is 23.8 Å². The number of ether oxygens (including phenoxy) is 1. The summed E-state index contributed by atoms with van der Waals surface area (Å²) in [4.78, 5) is 67.4. The number of ketones is 1. The smallest absolute Gasteiger partial charge is 0.340 e. The molecule has 2 aliphatic rings. The van der Waals surface area contributed by atoms with E-state index in [0.29, 0.717) is 22.6 Å². The summed E-state index contributed by atoms with van der Waals surface area (Å²) in [5, 5.41) is 0. The number of hydrogen-bond acceptors (Lipinski definition) is 6. The molecule has 1 aromatic heterocycles. The third-order valence-corrected chi connectivity index (χ3v) is 5.98. The van der Waals surface area contributed by atoms with Crippen molar-refractivity contribution in [2.24, 2.45) is 5.92 Å². The molecule has 2 fully saturated rings. The van der Waals surface area contributed by atoms with Gasteiger partial charge in [0.25, 0.3) is 0 Å². The summed E-state index contributed by atoms with van der Waals surface area (Å²) in [5.41, 5.74) is 1.22. The second-order valence-electron chi connectivity index (χ2n) is 7.95. The number of nitrogens with zero attached hydrogens (tertiary/aromatic N) is 2. The molecule has 0 aromatic carbocycles. The molecule has 2 atom stereocenters. The first-order valence-corrected chi connectivity index (χ1v) is 10.3. The highest BCUT2D eigenvalue weighted by Gasteiger charge is 2.49. The van der Waals surface area contributed by atoms with Crippen LogP contribution in [0.3, 0.4) is 0 Å². The number of amides is 4. The molecule has 162 valence electrons. The van der Waals surface area contributed by atoms with Crippen LogP contribution in [0, 0.1) is 19.8 Å². The van der Waals surface area contributed by atoms with E-state index in [1.807, 2.05) is 6.92 Å². The summed E-state index contributed by atoms with van der Waals surface area (Å²) in [5.74, 6) is -2.87. The number of H-pyrrole nitrogens is 1. The van der Waals surface area contributed by atoms with Crippen molar-refractivity contribution in [3.05, 3.63) is 22.5 Å². The normalized spacial score (nSPS) is 22.1. The molecule has 0 radical (unpaired) electrons. The van der Waals surface area contributed by atoms with Gasteiger partial charge in [-0.3, -0.25) is 19.3 Å². The fourth-order valence-electron chi connectivity index (χ4n) is 4.40. The maximum Gasteiger partial charge on any atom is 0.340 e. The Hall–Kier alpha value is -2.97. The Morgan fingerprint density at radius 2 is 1.77 bits per heavy atom. The molecular weight excluding hydrogens is 390 g/mol. The van der Waals surface area contributed by atoms with Gasteiger partial charge in [-0.1, -0.05) is 19.8 Å². The molecule has 1 aromatic rings. The van der Waals surface area contributed by atoms with Crippen LogP contribution in [0.2, 0.25) is 0 Å². The zero-order chi connectivity index (χ0) is 22.2. The van der Waals surface area contributed by atoms with Crippen molar-refractivity contribution < 1.29 is 28.7 Å². The van der Waals surface area contributed by atoms with E-state index >= 15 is 0 Å². The molecule has 1 saturated heterocycles. The largest absolute Gasteiger partial charge is 0.462 e. The molecule has 1 aliphatic carbocycles. The molecule has 9 nitrogen and oxygen atoms in total. The van der Waals surface area contributed by atoms with Crippen molar-refractivity contribution >= 4 is 29.6 Å². The third kappa shape index (κ3) is 3.64. The van der Waals surface area contributed by atoms with Crippen LogP contribution in [0.5, 0.6) is 0 Å². The van der Waals surface area contributed by atoms with Gasteiger partial charge in [0, 0.05) is 11.7 Å². The Bertz CT molecular complexity index is 918. The first kappa shape index (κ1) is 21.7. The molecule has 2 heterocycles. The van der Waals surface area contributed by atoms with Crippen molar-refractivity contribution in [2.45, 2.75) is 59.4 Å². The second-order valence-corrected chi connectivity index (χ2v) is 7.95. The minimum absolute atomic E-state index is 0.107. The number of imide groups is 2. The van der Waals surface area contributed by atoms with Crippen molar-refractivity contribution in [1.29, 1.82) is 0 Å². The average Bonchev–Trinajstić information content (AvgIpc) is 3.10. The lowest BCUT2D eigenvalue weighted by molar-refractivity contribution is -0.144. The van der Waals surface area contributed by atoms with Gasteiger partial charge in [-0.05, 0) is 45.1 Å². The van der Waals surface area contributed by atoms with Crippen molar-refractivity contribution in [1.82, 2.24) is 14.8 Å². The molecule has 4 amide bonds. The molecule has 9 heteroatoms. The topological polar surface area (TPSA) is 117 Å². The Morgan fingerprint density at radius 1 is 1.10 bits per heavy atom. The minimum Gasteiger partial charge on any atom is -0.462 e. The van der Waals surface area contributed by atoms with Crippen LogP contribution < -0.4 is 0 Å². The zero-order valence-corrected chi connectivity index (χ0v) is 17.7. The Kier molecular flexibility index (Phi) is 6.09. The third-order valence-electron chi connectivity index (χ3n) is 5.98. The fourth-order valence-corrected chi connectivity index (χ4v) is 4.40. The summed E-state index contributed by atoms with van der Waals surface area (Å²) >= 11 is 0. The number of aromatic amines is 1. The number of nitrogens with one attached hydrogen (secondary N) is 1. The summed E-state index contributed by atoms with van der Waals surface area (Å²) in [6, 6.07) is -1.07. The lowest BCUT2D eigenvalue weighted by atomic mass is 9.85. The molecule has 0 spiro atoms. The van der Waals surface area contributed by atoms with E-state index in [-0.39, 0.29) is 29.8 Å². The van der Waals surface area contributed by atoms with Crippen LogP contribution in [0.25, 0.3) is 0 Å². The first-order valence-electron chi connectivity index (χ1n) is 10.3. The standard InChI is InChI=1S/C21H27N3O6/c1-5-30-20(28)16-12(3)17(22-13(16)4)15(25)10-23-18(26)19(27)24(21(23)29)14-9-7-6-8-11(14)2/h11,14,22H,5-10H2,1-4H3/t11-,14+/m0/s1. The lowest BCUT2D eigenvalue weighted by Crippen LogP contribution is -2.46. The SMILES string of the molecule is CCOC(=O)c1c(C)[nH]c(C(=O)CN2C(=O)C(=O)N([C@@H]3CCCC[C@@H]3C)C2=O)c1C. The summed E-state index contributed by atoms with van der Waals surface area (Å²) in [6.45, 7) is 6.51. The zero-order valence-electron chi connectivity index (χ0n) is 17.7. The van der Waals surface area contributed by atoms with Gasteiger partial charge < -0.3 is 9.72 Å². The van der Waals surface area contributed by atoms with Crippen LogP contribution in [-0.4, -0.2) is 63.6 Å². The highest BCUT2D eigenvalue weighted by atomic mass is 16.5. The molecule has 3 rings (SSSR count). The van der Waals surface area contributed by atoms with Gasteiger partial charge in [0.2, 0.25) is 0 Å². The van der Waals surface area contributed by atoms with E-state index in [1.165, 1.54) is 0 Å². The van der Waals surface area contributed by atoms with Gasteiger partial charge in [0.1, 0.15) is 0 Å². The number of esters is 1. The van der Waals surface area contributed by atoms with E-state index in [1.54, 1.807) is 20.8 Å². The van der Waals surface area contributed by atoms with Crippen LogP contribution >= 0.6 is 0 Å². The van der Waals surface area contributed by atoms with Crippen LogP contribution in [0.15, 0.2) is 0 Å². The Labute approximate surface area is 174 Å². The van der Waals surface area contributed by atoms with Gasteiger partial charge in [-0.25, -0.2) is 14.5 Å². The van der Waals surface area contributed by atoms with Crippen LogP contribution in [0.4, 0.5) is 4.79 Å². The summed E-state index contributed by atoms with van der Waals surface area (Å²) in [6.07, 6.45) is 3.45. The highest BCUT2D eigenvalue weighted by molar-refractivity contribution is 6.45. The maximum atomic E-state index is 12.9. The highest BCUT2D eigenvalue weighted by Crippen LogP contribution is 2.31. The van der Waals surface area contributed by atoms with E-state index in [9.17, 15) is 24.0 Å². The van der Waals surface area contributed by atoms with E-state index in [0.717, 1.165) is 24.2 Å². The van der Waals surface area contributed by atoms with Gasteiger partial charge in [-0.2, -0.15) is 0 Å². The number of aromatic nitrogens is 1. The first-order chi connectivity index (χ1) is 14.2. The monoisotopic (exact) mass is 417 g/mol. The Morgan fingerprint density at radius 3 is 2.40 bits per heavy atom. The number of Topliss-reactive ketones (excluding diaryl/α,β-unsaturated/α-hetero) is 1. The van der Waals surface area contributed by atoms with Gasteiger partial charge in [-0.15, -0.1) is 0 Å². The number of urea groups is 1. The van der Waals surface area contributed by atoms with Gasteiger partial charge in [0.05, 0.1) is 24.4 Å². The predicted octanol–water partition coefficient (Wildman–Crippen LogP) is 2.36. The number of rotatable bonds is 6. The average molecular weight is 417 g/mol. The molecule has 0 unspecified atom stereocenters. The summed E-state index contributed by atoms with van der Waals surface area (Å²) in [7, 11) is 0. The molecular formula is C21H27N3O6. The molecule has 30 heavy (non-hydrogen) atoms. The molecule has 1 N–H and O–H groups in total. The quantitative estimate of drug-likeness (QED) is 0.329. The van der Waals surface area contributed by atoms with E-state index in [2.05, 4.69) is 4.98 Å². The number of carbonyl (C=O) groups is 5. The van der Waals surface area contributed by atoms with Crippen molar-refractivity contribution in [2.75, 3.05) is 13.2 Å². The Balaban J connectivity index is 1.81.